The topological polar surface area (TPSA) is 52.3 Å². The lowest BCUT2D eigenvalue weighted by Crippen LogP contribution is -2.37. The number of rotatable bonds is 5. The maximum absolute atomic E-state index is 13.4. The highest BCUT2D eigenvalue weighted by atomic mass is 16.5. The van der Waals surface area contributed by atoms with Crippen molar-refractivity contribution in [3.8, 4) is 5.69 Å². The third-order valence-corrected chi connectivity index (χ3v) is 6.32. The van der Waals surface area contributed by atoms with Crippen LogP contribution < -0.4 is 5.56 Å². The van der Waals surface area contributed by atoms with Crippen LogP contribution in [0.15, 0.2) is 59.7 Å². The van der Waals surface area contributed by atoms with Crippen LogP contribution in [0.2, 0.25) is 0 Å². The van der Waals surface area contributed by atoms with Gasteiger partial charge in [0.25, 0.3) is 5.56 Å². The molecule has 2 aliphatic rings. The van der Waals surface area contributed by atoms with Gasteiger partial charge in [0.2, 0.25) is 0 Å². The summed E-state index contributed by atoms with van der Waals surface area (Å²) in [5.74, 6) is 0.690. The predicted molar refractivity (Wildman–Crippen MR) is 116 cm³/mol. The van der Waals surface area contributed by atoms with E-state index in [0.717, 1.165) is 74.6 Å². The van der Waals surface area contributed by atoms with Crippen LogP contribution in [-0.2, 0) is 24.2 Å². The number of aromatic nitrogens is 3. The van der Waals surface area contributed by atoms with Crippen molar-refractivity contribution < 1.29 is 4.74 Å². The van der Waals surface area contributed by atoms with Crippen molar-refractivity contribution in [3.05, 3.63) is 82.0 Å². The largest absolute Gasteiger partial charge is 0.381 e. The van der Waals surface area contributed by atoms with Gasteiger partial charge in [0.15, 0.2) is 0 Å². The summed E-state index contributed by atoms with van der Waals surface area (Å²) in [5.41, 5.74) is 4.24. The van der Waals surface area contributed by atoms with Crippen molar-refractivity contribution in [2.75, 3.05) is 26.3 Å². The molecule has 30 heavy (non-hydrogen) atoms. The number of pyridine rings is 1. The van der Waals surface area contributed by atoms with E-state index in [1.807, 2.05) is 47.3 Å². The van der Waals surface area contributed by atoms with Gasteiger partial charge in [0.05, 0.1) is 17.9 Å². The molecular formula is C24H28N4O2. The Morgan fingerprint density at radius 2 is 1.90 bits per heavy atom. The average molecular weight is 405 g/mol. The third-order valence-electron chi connectivity index (χ3n) is 6.32. The summed E-state index contributed by atoms with van der Waals surface area (Å²) in [5, 5.41) is 0. The Hall–Kier alpha value is -2.70. The Kier molecular flexibility index (Phi) is 5.51. The molecule has 5 rings (SSSR count). The molecule has 0 radical (unpaired) electrons. The minimum Gasteiger partial charge on any atom is -0.381 e. The lowest BCUT2D eigenvalue weighted by Gasteiger charge is -2.32. The summed E-state index contributed by atoms with van der Waals surface area (Å²) in [7, 11) is 0. The lowest BCUT2D eigenvalue weighted by molar-refractivity contribution is 0.0501. The maximum Gasteiger partial charge on any atom is 0.274 e. The molecule has 2 aromatic heterocycles. The van der Waals surface area contributed by atoms with Gasteiger partial charge in [-0.2, -0.15) is 0 Å². The van der Waals surface area contributed by atoms with E-state index in [9.17, 15) is 4.79 Å². The summed E-state index contributed by atoms with van der Waals surface area (Å²) in [6.45, 7) is 5.24. The summed E-state index contributed by atoms with van der Waals surface area (Å²) in [6, 6.07) is 14.0. The van der Waals surface area contributed by atoms with E-state index < -0.39 is 0 Å². The highest BCUT2D eigenvalue weighted by Crippen LogP contribution is 2.24. The molecule has 0 unspecified atom stereocenters. The van der Waals surface area contributed by atoms with Crippen molar-refractivity contribution in [3.63, 3.8) is 0 Å². The second-order valence-corrected chi connectivity index (χ2v) is 8.34. The second kappa shape index (κ2) is 8.58. The molecule has 0 N–H and O–H groups in total. The minimum absolute atomic E-state index is 0.116. The van der Waals surface area contributed by atoms with Crippen LogP contribution in [0.5, 0.6) is 0 Å². The molecule has 6 nitrogen and oxygen atoms in total. The van der Waals surface area contributed by atoms with Gasteiger partial charge < -0.3 is 4.74 Å². The van der Waals surface area contributed by atoms with E-state index in [4.69, 9.17) is 4.74 Å². The van der Waals surface area contributed by atoms with E-state index in [1.165, 1.54) is 0 Å². The van der Waals surface area contributed by atoms with E-state index in [0.29, 0.717) is 12.5 Å². The van der Waals surface area contributed by atoms with Crippen molar-refractivity contribution in [1.29, 1.82) is 0 Å². The van der Waals surface area contributed by atoms with Crippen LogP contribution in [0.3, 0.4) is 0 Å². The number of hydrogen-bond acceptors (Lipinski definition) is 4. The standard InChI is InChI=1S/C24H28N4O2/c29-24-22-8-12-26(16-19-9-13-30-14-10-19)18-23(22)27(17-20-5-4-11-25-15-20)28(24)21-6-2-1-3-7-21/h1-7,11,15,19H,8-10,12-14,16-18H2. The molecule has 0 saturated carbocycles. The Labute approximate surface area is 176 Å². The molecule has 0 spiro atoms. The van der Waals surface area contributed by atoms with Crippen LogP contribution in [0.25, 0.3) is 5.69 Å². The van der Waals surface area contributed by atoms with Crippen LogP contribution >= 0.6 is 0 Å². The first-order valence-electron chi connectivity index (χ1n) is 10.9. The first-order chi connectivity index (χ1) is 14.8. The fourth-order valence-corrected chi connectivity index (χ4v) is 4.73. The fourth-order valence-electron chi connectivity index (χ4n) is 4.73. The van der Waals surface area contributed by atoms with E-state index >= 15 is 0 Å². The first-order valence-corrected chi connectivity index (χ1v) is 10.9. The summed E-state index contributed by atoms with van der Waals surface area (Å²) in [6.07, 6.45) is 6.75. The SMILES string of the molecule is O=c1c2c(n(Cc3cccnc3)n1-c1ccccc1)CN(CC1CCOCC1)CC2. The van der Waals surface area contributed by atoms with Gasteiger partial charge in [-0.3, -0.25) is 19.4 Å². The van der Waals surface area contributed by atoms with Crippen molar-refractivity contribution >= 4 is 0 Å². The Balaban J connectivity index is 1.51. The molecule has 1 aromatic carbocycles. The number of hydrogen-bond donors (Lipinski definition) is 0. The molecule has 0 bridgehead atoms. The monoisotopic (exact) mass is 404 g/mol. The highest BCUT2D eigenvalue weighted by Gasteiger charge is 2.28. The Bertz CT molecular complexity index is 1040. The van der Waals surface area contributed by atoms with Gasteiger partial charge >= 0.3 is 0 Å². The van der Waals surface area contributed by atoms with E-state index in [1.54, 1.807) is 6.20 Å². The molecule has 1 fully saturated rings. The number of benzene rings is 1. The number of para-hydroxylation sites is 1. The number of ether oxygens (including phenoxy) is 1. The molecular weight excluding hydrogens is 376 g/mol. The Morgan fingerprint density at radius 1 is 1.07 bits per heavy atom. The van der Waals surface area contributed by atoms with Crippen LogP contribution in [0, 0.1) is 5.92 Å². The molecule has 3 aromatic rings. The minimum atomic E-state index is 0.116. The van der Waals surface area contributed by atoms with Gasteiger partial charge in [0, 0.05) is 50.8 Å². The van der Waals surface area contributed by atoms with Crippen LogP contribution in [0.1, 0.15) is 29.7 Å². The number of fused-ring (bicyclic) bond motifs is 1. The molecule has 6 heteroatoms. The van der Waals surface area contributed by atoms with Crippen molar-refractivity contribution in [1.82, 2.24) is 19.2 Å². The van der Waals surface area contributed by atoms with E-state index in [2.05, 4.69) is 20.6 Å². The first kappa shape index (κ1) is 19.3. The maximum atomic E-state index is 13.4. The van der Waals surface area contributed by atoms with Crippen LogP contribution in [0.4, 0.5) is 0 Å². The van der Waals surface area contributed by atoms with Gasteiger partial charge in [-0.15, -0.1) is 0 Å². The van der Waals surface area contributed by atoms with Gasteiger partial charge in [0.1, 0.15) is 0 Å². The third kappa shape index (κ3) is 3.85. The summed E-state index contributed by atoms with van der Waals surface area (Å²) >= 11 is 0. The molecule has 156 valence electrons. The summed E-state index contributed by atoms with van der Waals surface area (Å²) < 4.78 is 9.55. The zero-order valence-electron chi connectivity index (χ0n) is 17.2. The second-order valence-electron chi connectivity index (χ2n) is 8.34. The zero-order valence-corrected chi connectivity index (χ0v) is 17.2. The molecule has 1 saturated heterocycles. The molecule has 0 aliphatic carbocycles. The number of nitrogens with zero attached hydrogens (tertiary/aromatic N) is 4. The molecule has 2 aliphatic heterocycles. The highest BCUT2D eigenvalue weighted by molar-refractivity contribution is 5.35. The molecule has 0 atom stereocenters. The smallest absolute Gasteiger partial charge is 0.274 e. The lowest BCUT2D eigenvalue weighted by atomic mass is 9.98. The quantitative estimate of drug-likeness (QED) is 0.656. The van der Waals surface area contributed by atoms with E-state index in [-0.39, 0.29) is 5.56 Å². The fraction of sp³-hybridized carbons (Fsp3) is 0.417. The van der Waals surface area contributed by atoms with Gasteiger partial charge in [-0.05, 0) is 48.9 Å². The molecule has 4 heterocycles. The normalized spacial score (nSPS) is 17.7. The van der Waals surface area contributed by atoms with Crippen molar-refractivity contribution in [2.45, 2.75) is 32.4 Å². The van der Waals surface area contributed by atoms with Crippen LogP contribution in [-0.4, -0.2) is 45.6 Å². The zero-order chi connectivity index (χ0) is 20.3. The van der Waals surface area contributed by atoms with Crippen molar-refractivity contribution in [2.24, 2.45) is 5.92 Å². The van der Waals surface area contributed by atoms with Gasteiger partial charge in [-0.25, -0.2) is 4.68 Å². The Morgan fingerprint density at radius 3 is 2.67 bits per heavy atom. The summed E-state index contributed by atoms with van der Waals surface area (Å²) in [4.78, 5) is 20.2. The van der Waals surface area contributed by atoms with Gasteiger partial charge in [-0.1, -0.05) is 24.3 Å². The predicted octanol–water partition coefficient (Wildman–Crippen LogP) is 2.87. The average Bonchev–Trinajstić information content (AvgIpc) is 3.07. The molecule has 0 amide bonds.